The maximum Gasteiger partial charge on any atom is 0.127 e. The molecule has 20 heavy (non-hydrogen) atoms. The summed E-state index contributed by atoms with van der Waals surface area (Å²) < 4.78 is 13.9. The molecule has 0 saturated carbocycles. The van der Waals surface area contributed by atoms with Crippen molar-refractivity contribution in [1.29, 1.82) is 0 Å². The molecule has 1 N–H and O–H groups in total. The molecular weight excluding hydrogens is 251 g/mol. The summed E-state index contributed by atoms with van der Waals surface area (Å²) in [5, 5.41) is 3.49. The van der Waals surface area contributed by atoms with Gasteiger partial charge in [0.1, 0.15) is 5.82 Å². The van der Waals surface area contributed by atoms with Gasteiger partial charge < -0.3 is 5.32 Å². The lowest BCUT2D eigenvalue weighted by molar-refractivity contribution is 0.143. The summed E-state index contributed by atoms with van der Waals surface area (Å²) in [5.74, 6) is -0.0964. The average molecular weight is 278 g/mol. The van der Waals surface area contributed by atoms with E-state index in [1.165, 1.54) is 19.3 Å². The average Bonchev–Trinajstić information content (AvgIpc) is 2.87. The normalized spacial score (nSPS) is 24.2. The summed E-state index contributed by atoms with van der Waals surface area (Å²) in [6, 6.07) is 7.24. The van der Waals surface area contributed by atoms with Crippen LogP contribution in [0.1, 0.15) is 44.7 Å². The summed E-state index contributed by atoms with van der Waals surface area (Å²) in [6.45, 7) is 7.58. The quantitative estimate of drug-likeness (QED) is 0.855. The number of hydrogen-bond donors (Lipinski definition) is 1. The van der Waals surface area contributed by atoms with E-state index < -0.39 is 0 Å². The van der Waals surface area contributed by atoms with E-state index in [0.717, 1.165) is 25.2 Å². The predicted octanol–water partition coefficient (Wildman–Crippen LogP) is 3.60. The van der Waals surface area contributed by atoms with Crippen LogP contribution in [0.2, 0.25) is 0 Å². The van der Waals surface area contributed by atoms with Crippen LogP contribution in [-0.4, -0.2) is 31.6 Å². The second-order valence-electron chi connectivity index (χ2n) is 6.29. The smallest absolute Gasteiger partial charge is 0.127 e. The zero-order chi connectivity index (χ0) is 14.6. The Bertz CT molecular complexity index is 427. The maximum atomic E-state index is 13.9. The number of nitrogens with zero attached hydrogens (tertiary/aromatic N) is 1. The molecule has 0 spiro atoms. The van der Waals surface area contributed by atoms with E-state index in [4.69, 9.17) is 0 Å². The lowest BCUT2D eigenvalue weighted by Crippen LogP contribution is -2.38. The van der Waals surface area contributed by atoms with Crippen LogP contribution in [0.3, 0.4) is 0 Å². The van der Waals surface area contributed by atoms with Gasteiger partial charge in [-0.2, -0.15) is 0 Å². The largest absolute Gasteiger partial charge is 0.316 e. The Morgan fingerprint density at radius 2 is 2.15 bits per heavy atom. The third kappa shape index (κ3) is 3.39. The molecular formula is C17H27FN2. The fraction of sp³-hybridized carbons (Fsp3) is 0.647. The molecule has 0 bridgehead atoms. The zero-order valence-electron chi connectivity index (χ0n) is 13.0. The Morgan fingerprint density at radius 3 is 2.75 bits per heavy atom. The second-order valence-corrected chi connectivity index (χ2v) is 6.29. The van der Waals surface area contributed by atoms with E-state index in [9.17, 15) is 4.39 Å². The number of nitrogens with one attached hydrogen (secondary N) is 1. The van der Waals surface area contributed by atoms with Crippen LogP contribution in [0.25, 0.3) is 0 Å². The van der Waals surface area contributed by atoms with Gasteiger partial charge in [0.15, 0.2) is 0 Å². The molecule has 1 heterocycles. The molecule has 112 valence electrons. The van der Waals surface area contributed by atoms with Crippen LogP contribution >= 0.6 is 0 Å². The van der Waals surface area contributed by atoms with Crippen molar-refractivity contribution in [1.82, 2.24) is 10.2 Å². The highest BCUT2D eigenvalue weighted by Gasteiger charge is 2.35. The first-order valence-electron chi connectivity index (χ1n) is 7.73. The van der Waals surface area contributed by atoms with Gasteiger partial charge in [0.25, 0.3) is 0 Å². The second kappa shape index (κ2) is 6.68. The molecule has 0 aliphatic carbocycles. The molecule has 0 radical (unpaired) electrons. The Balaban J connectivity index is 2.07. The molecule has 2 unspecified atom stereocenters. The zero-order valence-corrected chi connectivity index (χ0v) is 13.0. The first-order valence-corrected chi connectivity index (χ1v) is 7.73. The highest BCUT2D eigenvalue weighted by Crippen LogP contribution is 2.34. The third-order valence-electron chi connectivity index (χ3n) is 4.71. The molecule has 2 nitrogen and oxygen atoms in total. The van der Waals surface area contributed by atoms with Crippen molar-refractivity contribution in [3.63, 3.8) is 0 Å². The highest BCUT2D eigenvalue weighted by molar-refractivity contribution is 5.20. The van der Waals surface area contributed by atoms with E-state index in [1.807, 2.05) is 12.1 Å². The van der Waals surface area contributed by atoms with Gasteiger partial charge in [-0.25, -0.2) is 4.39 Å². The van der Waals surface area contributed by atoms with Crippen molar-refractivity contribution in [2.75, 3.05) is 26.7 Å². The molecule has 1 saturated heterocycles. The molecule has 0 amide bonds. The summed E-state index contributed by atoms with van der Waals surface area (Å²) in [5.41, 5.74) is 1.16. The van der Waals surface area contributed by atoms with Gasteiger partial charge >= 0.3 is 0 Å². The van der Waals surface area contributed by atoms with Crippen LogP contribution in [0.4, 0.5) is 4.39 Å². The molecule has 1 aliphatic rings. The summed E-state index contributed by atoms with van der Waals surface area (Å²) >= 11 is 0. The molecule has 3 heteroatoms. The Hall–Kier alpha value is -0.930. The molecule has 1 aromatic rings. The minimum absolute atomic E-state index is 0.0964. The summed E-state index contributed by atoms with van der Waals surface area (Å²) in [7, 11) is 2.12. The minimum atomic E-state index is -0.0964. The van der Waals surface area contributed by atoms with Crippen molar-refractivity contribution in [3.05, 3.63) is 35.6 Å². The number of halogens is 1. The molecule has 0 aromatic heterocycles. The van der Waals surface area contributed by atoms with Crippen LogP contribution < -0.4 is 5.32 Å². The van der Waals surface area contributed by atoms with E-state index in [-0.39, 0.29) is 11.9 Å². The van der Waals surface area contributed by atoms with Crippen LogP contribution in [0.5, 0.6) is 0 Å². The van der Waals surface area contributed by atoms with E-state index >= 15 is 0 Å². The Kier molecular flexibility index (Phi) is 5.17. The number of benzene rings is 1. The SMILES string of the molecule is CCCC1(CN(C)C(C)c2ccccc2F)CCNC1. The summed E-state index contributed by atoms with van der Waals surface area (Å²) in [4.78, 5) is 2.31. The van der Waals surface area contributed by atoms with Gasteiger partial charge in [0, 0.05) is 24.7 Å². The van der Waals surface area contributed by atoms with Crippen LogP contribution in [-0.2, 0) is 0 Å². The maximum absolute atomic E-state index is 13.9. The van der Waals surface area contributed by atoms with Gasteiger partial charge in [0.05, 0.1) is 0 Å². The fourth-order valence-corrected chi connectivity index (χ4v) is 3.47. The van der Waals surface area contributed by atoms with Gasteiger partial charge in [-0.1, -0.05) is 31.5 Å². The number of rotatable bonds is 6. The topological polar surface area (TPSA) is 15.3 Å². The minimum Gasteiger partial charge on any atom is -0.316 e. The Labute approximate surface area is 122 Å². The monoisotopic (exact) mass is 278 g/mol. The molecule has 1 fully saturated rings. The van der Waals surface area contributed by atoms with E-state index in [0.29, 0.717) is 5.41 Å². The first-order chi connectivity index (χ1) is 9.58. The standard InChI is InChI=1S/C17H27FN2/c1-4-9-17(10-11-19-12-17)13-20(3)14(2)15-7-5-6-8-16(15)18/h5-8,14,19H,4,9-13H2,1-3H3. The van der Waals surface area contributed by atoms with Gasteiger partial charge in [0.2, 0.25) is 0 Å². The first kappa shape index (κ1) is 15.5. The third-order valence-corrected chi connectivity index (χ3v) is 4.71. The van der Waals surface area contributed by atoms with Crippen LogP contribution in [0.15, 0.2) is 24.3 Å². The lowest BCUT2D eigenvalue weighted by Gasteiger charge is -2.36. The lowest BCUT2D eigenvalue weighted by atomic mass is 9.81. The van der Waals surface area contributed by atoms with Gasteiger partial charge in [-0.05, 0) is 44.8 Å². The van der Waals surface area contributed by atoms with Gasteiger partial charge in [-0.15, -0.1) is 0 Å². The van der Waals surface area contributed by atoms with Gasteiger partial charge in [-0.3, -0.25) is 4.90 Å². The van der Waals surface area contributed by atoms with Crippen molar-refractivity contribution in [3.8, 4) is 0 Å². The highest BCUT2D eigenvalue weighted by atomic mass is 19.1. The summed E-state index contributed by atoms with van der Waals surface area (Å²) in [6.07, 6.45) is 3.69. The predicted molar refractivity (Wildman–Crippen MR) is 82.3 cm³/mol. The molecule has 1 aromatic carbocycles. The van der Waals surface area contributed by atoms with Crippen molar-refractivity contribution < 1.29 is 4.39 Å². The van der Waals surface area contributed by atoms with Crippen molar-refractivity contribution in [2.24, 2.45) is 5.41 Å². The fourth-order valence-electron chi connectivity index (χ4n) is 3.47. The van der Waals surface area contributed by atoms with Crippen molar-refractivity contribution in [2.45, 2.75) is 39.2 Å². The van der Waals surface area contributed by atoms with E-state index in [2.05, 4.69) is 31.1 Å². The van der Waals surface area contributed by atoms with Crippen molar-refractivity contribution >= 4 is 0 Å². The molecule has 2 rings (SSSR count). The van der Waals surface area contributed by atoms with Crippen LogP contribution in [0, 0.1) is 11.2 Å². The molecule has 1 aliphatic heterocycles. The molecule has 2 atom stereocenters. The van der Waals surface area contributed by atoms with E-state index in [1.54, 1.807) is 12.1 Å². The Morgan fingerprint density at radius 1 is 1.40 bits per heavy atom. The number of hydrogen-bond acceptors (Lipinski definition) is 2.